The molecule has 0 spiro atoms. The van der Waals surface area contributed by atoms with Gasteiger partial charge in [0.25, 0.3) is 0 Å². The van der Waals surface area contributed by atoms with Gasteiger partial charge in [0.1, 0.15) is 5.58 Å². The summed E-state index contributed by atoms with van der Waals surface area (Å²) in [7, 11) is 0. The maximum Gasteiger partial charge on any atom is 0.213 e. The molecule has 1 aliphatic rings. The van der Waals surface area contributed by atoms with Crippen LogP contribution in [0.25, 0.3) is 60.9 Å². The van der Waals surface area contributed by atoms with Crippen molar-refractivity contribution >= 4 is 44.3 Å². The van der Waals surface area contributed by atoms with Gasteiger partial charge >= 0.3 is 0 Å². The molecule has 0 unspecified atom stereocenters. The Morgan fingerprint density at radius 2 is 1.19 bits per heavy atom. The van der Waals surface area contributed by atoms with E-state index in [1.54, 1.807) is 0 Å². The van der Waals surface area contributed by atoms with Crippen molar-refractivity contribution in [3.63, 3.8) is 0 Å². The van der Waals surface area contributed by atoms with Crippen LogP contribution in [-0.2, 0) is 11.8 Å². The van der Waals surface area contributed by atoms with E-state index in [1.165, 1.54) is 27.6 Å². The molecule has 3 nitrogen and oxygen atoms in total. The topological polar surface area (TPSA) is 21.3 Å². The molecule has 57 heavy (non-hydrogen) atoms. The second kappa shape index (κ2) is 13.9. The maximum absolute atomic E-state index is 6.55. The number of furan rings is 1. The molecule has 0 radical (unpaired) electrons. The number of anilines is 2. The molecule has 274 valence electrons. The SMILES string of the molecule is C=C1/C=C(N(c2ccc(-c3ccccc3)cc2)c2ccc(-c3ccc4c(c3)c3c5ccccc5oc3n4-c3ccccc3)cc2)\C=C/Cc2ccccc2C1(C)C. The highest BCUT2D eigenvalue weighted by Gasteiger charge is 2.27. The van der Waals surface area contributed by atoms with Gasteiger partial charge in [0.2, 0.25) is 5.71 Å². The zero-order valence-corrected chi connectivity index (χ0v) is 32.2. The van der Waals surface area contributed by atoms with Gasteiger partial charge in [0.05, 0.1) is 10.9 Å². The van der Waals surface area contributed by atoms with Gasteiger partial charge in [-0.25, -0.2) is 0 Å². The van der Waals surface area contributed by atoms with Crippen LogP contribution in [0.4, 0.5) is 11.4 Å². The van der Waals surface area contributed by atoms with E-state index in [0.717, 1.165) is 73.5 Å². The fourth-order valence-electron chi connectivity index (χ4n) is 8.52. The summed E-state index contributed by atoms with van der Waals surface area (Å²) in [6.07, 6.45) is 7.66. The quantitative estimate of drug-likeness (QED) is 0.170. The average Bonchev–Trinajstić information content (AvgIpc) is 3.80. The average molecular weight is 735 g/mol. The number of aromatic nitrogens is 1. The summed E-state index contributed by atoms with van der Waals surface area (Å²) in [5, 5.41) is 3.43. The van der Waals surface area contributed by atoms with Crippen molar-refractivity contribution in [2.75, 3.05) is 4.90 Å². The van der Waals surface area contributed by atoms with Gasteiger partial charge in [-0.05, 0) is 112 Å². The second-order valence-corrected chi connectivity index (χ2v) is 15.5. The Balaban J connectivity index is 1.08. The smallest absolute Gasteiger partial charge is 0.213 e. The Kier molecular flexibility index (Phi) is 8.38. The molecular weight excluding hydrogens is 693 g/mol. The van der Waals surface area contributed by atoms with Crippen molar-refractivity contribution in [3.05, 3.63) is 223 Å². The fourth-order valence-corrected chi connectivity index (χ4v) is 8.52. The maximum atomic E-state index is 6.55. The van der Waals surface area contributed by atoms with Gasteiger partial charge in [0.15, 0.2) is 0 Å². The van der Waals surface area contributed by atoms with E-state index in [2.05, 4.69) is 218 Å². The normalized spacial score (nSPS) is 15.4. The monoisotopic (exact) mass is 734 g/mol. The van der Waals surface area contributed by atoms with Crippen LogP contribution in [0.2, 0.25) is 0 Å². The number of para-hydroxylation sites is 2. The summed E-state index contributed by atoms with van der Waals surface area (Å²) in [5.41, 5.74) is 15.3. The summed E-state index contributed by atoms with van der Waals surface area (Å²) in [6.45, 7) is 9.24. The summed E-state index contributed by atoms with van der Waals surface area (Å²) in [4.78, 5) is 2.36. The highest BCUT2D eigenvalue weighted by Crippen LogP contribution is 2.42. The van der Waals surface area contributed by atoms with Gasteiger partial charge < -0.3 is 9.32 Å². The number of hydrogen-bond acceptors (Lipinski definition) is 2. The third kappa shape index (κ3) is 6.00. The van der Waals surface area contributed by atoms with E-state index in [4.69, 9.17) is 4.42 Å². The highest BCUT2D eigenvalue weighted by molar-refractivity contribution is 6.20. The lowest BCUT2D eigenvalue weighted by atomic mass is 9.75. The molecule has 3 heteroatoms. The molecule has 0 fully saturated rings. The molecule has 0 saturated heterocycles. The standard InChI is InChI=1S/C54H42N2O/c1-37-35-46(21-14-18-41-17-10-12-23-49(41)54(37,2)3)55(44-30-25-39(26-31-44)38-15-6-4-7-16-38)45-32-27-40(28-33-45)42-29-34-50-48(36-42)52-47-22-11-13-24-51(47)57-53(52)56(50)43-19-8-5-9-20-43/h4-17,19-36H,1,18H2,2-3H3/b21-14-,46-35+. The van der Waals surface area contributed by atoms with Gasteiger partial charge in [-0.2, -0.15) is 0 Å². The molecule has 2 aromatic heterocycles. The van der Waals surface area contributed by atoms with E-state index < -0.39 is 0 Å². The number of nitrogens with zero attached hydrogens (tertiary/aromatic N) is 2. The van der Waals surface area contributed by atoms with E-state index in [9.17, 15) is 0 Å². The van der Waals surface area contributed by atoms with E-state index >= 15 is 0 Å². The van der Waals surface area contributed by atoms with Crippen LogP contribution in [0.5, 0.6) is 0 Å². The summed E-state index contributed by atoms with van der Waals surface area (Å²) in [6, 6.07) is 62.8. The molecule has 1 aliphatic carbocycles. The fraction of sp³-hybridized carbons (Fsp3) is 0.0741. The van der Waals surface area contributed by atoms with Gasteiger partial charge in [-0.1, -0.05) is 148 Å². The first-order chi connectivity index (χ1) is 27.9. The molecule has 10 rings (SSSR count). The molecule has 0 amide bonds. The molecule has 0 atom stereocenters. The van der Waals surface area contributed by atoms with E-state index in [0.29, 0.717) is 0 Å². The first-order valence-corrected chi connectivity index (χ1v) is 19.7. The molecule has 0 saturated carbocycles. The molecule has 9 aromatic rings. The van der Waals surface area contributed by atoms with Crippen LogP contribution >= 0.6 is 0 Å². The lowest BCUT2D eigenvalue weighted by molar-refractivity contribution is 0.634. The molecule has 2 heterocycles. The van der Waals surface area contributed by atoms with Crippen molar-refractivity contribution in [2.24, 2.45) is 0 Å². The Hall–Kier alpha value is -7.10. The molecule has 7 aromatic carbocycles. The zero-order valence-electron chi connectivity index (χ0n) is 32.2. The second-order valence-electron chi connectivity index (χ2n) is 15.5. The predicted molar refractivity (Wildman–Crippen MR) is 240 cm³/mol. The molecule has 0 aliphatic heterocycles. The van der Waals surface area contributed by atoms with Crippen LogP contribution in [-0.4, -0.2) is 4.57 Å². The molecule has 0 N–H and O–H groups in total. The number of allylic oxidation sites excluding steroid dienone is 4. The van der Waals surface area contributed by atoms with Gasteiger partial charge in [-0.3, -0.25) is 4.57 Å². The number of benzene rings is 7. The lowest BCUT2D eigenvalue weighted by Gasteiger charge is -2.31. The minimum Gasteiger partial charge on any atom is -0.439 e. The van der Waals surface area contributed by atoms with Crippen LogP contribution in [0.15, 0.2) is 216 Å². The number of hydrogen-bond donors (Lipinski definition) is 0. The summed E-state index contributed by atoms with van der Waals surface area (Å²) >= 11 is 0. The van der Waals surface area contributed by atoms with Crippen molar-refractivity contribution in [1.29, 1.82) is 0 Å². The Morgan fingerprint density at radius 1 is 0.596 bits per heavy atom. The first kappa shape index (κ1) is 34.4. The lowest BCUT2D eigenvalue weighted by Crippen LogP contribution is -2.22. The largest absolute Gasteiger partial charge is 0.439 e. The van der Waals surface area contributed by atoms with Gasteiger partial charge in [0, 0.05) is 38.9 Å². The molecule has 0 bridgehead atoms. The van der Waals surface area contributed by atoms with Crippen molar-refractivity contribution < 1.29 is 4.42 Å². The highest BCUT2D eigenvalue weighted by atomic mass is 16.3. The Labute approximate surface area is 333 Å². The van der Waals surface area contributed by atoms with Crippen molar-refractivity contribution in [3.8, 4) is 27.9 Å². The van der Waals surface area contributed by atoms with Crippen LogP contribution in [0, 0.1) is 0 Å². The van der Waals surface area contributed by atoms with Crippen LogP contribution in [0.3, 0.4) is 0 Å². The van der Waals surface area contributed by atoms with Crippen LogP contribution in [0.1, 0.15) is 25.0 Å². The van der Waals surface area contributed by atoms with E-state index in [-0.39, 0.29) is 5.41 Å². The summed E-state index contributed by atoms with van der Waals surface area (Å²) < 4.78 is 8.79. The Bertz CT molecular complexity index is 3000. The first-order valence-electron chi connectivity index (χ1n) is 19.7. The Morgan fingerprint density at radius 3 is 1.93 bits per heavy atom. The van der Waals surface area contributed by atoms with Gasteiger partial charge in [-0.15, -0.1) is 0 Å². The van der Waals surface area contributed by atoms with Crippen LogP contribution < -0.4 is 4.90 Å². The number of rotatable bonds is 6. The van der Waals surface area contributed by atoms with E-state index in [1.807, 2.05) is 6.07 Å². The minimum absolute atomic E-state index is 0.246. The molecular formula is C54H42N2O. The predicted octanol–water partition coefficient (Wildman–Crippen LogP) is 14.5. The number of fused-ring (bicyclic) bond motifs is 6. The van der Waals surface area contributed by atoms with Crippen molar-refractivity contribution in [2.45, 2.75) is 25.7 Å². The summed E-state index contributed by atoms with van der Waals surface area (Å²) in [5.74, 6) is 0. The minimum atomic E-state index is -0.246. The third-order valence-electron chi connectivity index (χ3n) is 11.7. The zero-order chi connectivity index (χ0) is 38.5. The van der Waals surface area contributed by atoms with Crippen molar-refractivity contribution in [1.82, 2.24) is 4.57 Å². The third-order valence-corrected chi connectivity index (χ3v) is 11.7.